The van der Waals surface area contributed by atoms with Gasteiger partial charge in [-0.2, -0.15) is 0 Å². The highest BCUT2D eigenvalue weighted by atomic mass is 19.4. The van der Waals surface area contributed by atoms with Crippen LogP contribution in [-0.4, -0.2) is 24.9 Å². The first-order chi connectivity index (χ1) is 9.53. The molecule has 7 heteroatoms. The molecule has 3 N–H and O–H groups in total. The maximum atomic E-state index is 12.0. The van der Waals surface area contributed by atoms with Crippen molar-refractivity contribution in [1.82, 2.24) is 5.32 Å². The molecule has 0 fully saturated rings. The van der Waals surface area contributed by atoms with Crippen molar-refractivity contribution in [2.45, 2.75) is 33.2 Å². The minimum atomic E-state index is -4.75. The van der Waals surface area contributed by atoms with E-state index < -0.39 is 6.36 Å². The van der Waals surface area contributed by atoms with Crippen molar-refractivity contribution in [1.29, 1.82) is 0 Å². The zero-order chi connectivity index (χ0) is 16.3. The number of benzene rings is 1. The lowest BCUT2D eigenvalue weighted by atomic mass is 9.86. The monoisotopic (exact) mass is 304 g/mol. The summed E-state index contributed by atoms with van der Waals surface area (Å²) in [5.74, 6) is -0.760. The van der Waals surface area contributed by atoms with Gasteiger partial charge in [-0.1, -0.05) is 20.8 Å². The van der Waals surface area contributed by atoms with E-state index in [4.69, 9.17) is 5.73 Å². The number of amides is 1. The van der Waals surface area contributed by atoms with E-state index in [1.807, 2.05) is 20.8 Å². The summed E-state index contributed by atoms with van der Waals surface area (Å²) in [7, 11) is 0. The van der Waals surface area contributed by atoms with Gasteiger partial charge in [0.05, 0.1) is 0 Å². The van der Waals surface area contributed by atoms with Crippen molar-refractivity contribution in [3.63, 3.8) is 0 Å². The van der Waals surface area contributed by atoms with Gasteiger partial charge in [0, 0.05) is 18.2 Å². The van der Waals surface area contributed by atoms with Crippen LogP contribution in [-0.2, 0) is 0 Å². The van der Waals surface area contributed by atoms with Gasteiger partial charge in [-0.05, 0) is 29.7 Å². The Morgan fingerprint density at radius 1 is 1.24 bits per heavy atom. The lowest BCUT2D eigenvalue weighted by Gasteiger charge is -2.30. The molecule has 0 radical (unpaired) electrons. The molecule has 1 amide bonds. The van der Waals surface area contributed by atoms with E-state index in [1.165, 1.54) is 12.1 Å². The van der Waals surface area contributed by atoms with Gasteiger partial charge in [-0.3, -0.25) is 4.79 Å². The Bertz CT molecular complexity index is 478. The SMILES string of the molecule is CC(C)(C)C(CN)NC(=O)c1ccc(OC(F)(F)F)cc1. The van der Waals surface area contributed by atoms with Crippen LogP contribution < -0.4 is 15.8 Å². The maximum Gasteiger partial charge on any atom is 0.573 e. The molecule has 0 aromatic heterocycles. The van der Waals surface area contributed by atoms with Gasteiger partial charge >= 0.3 is 6.36 Å². The molecule has 1 aromatic rings. The van der Waals surface area contributed by atoms with Crippen LogP contribution in [0.4, 0.5) is 13.2 Å². The molecule has 0 aliphatic carbocycles. The second-order valence-corrected chi connectivity index (χ2v) is 5.70. The Hall–Kier alpha value is -1.76. The molecule has 0 spiro atoms. The molecule has 0 aliphatic rings. The molecular formula is C14H19F3N2O2. The lowest BCUT2D eigenvalue weighted by Crippen LogP contribution is -2.48. The summed E-state index contributed by atoms with van der Waals surface area (Å²) < 4.78 is 39.8. The maximum absolute atomic E-state index is 12.0. The van der Waals surface area contributed by atoms with Crippen molar-refractivity contribution >= 4 is 5.91 Å². The van der Waals surface area contributed by atoms with E-state index in [9.17, 15) is 18.0 Å². The van der Waals surface area contributed by atoms with Gasteiger partial charge in [0.25, 0.3) is 5.91 Å². The molecule has 118 valence electrons. The Balaban J connectivity index is 2.76. The number of rotatable bonds is 4. The number of nitrogens with two attached hydrogens (primary N) is 1. The number of ether oxygens (including phenoxy) is 1. The fraction of sp³-hybridized carbons (Fsp3) is 0.500. The summed E-state index contributed by atoms with van der Waals surface area (Å²) in [6.45, 7) is 6.08. The van der Waals surface area contributed by atoms with Crippen LogP contribution in [0.15, 0.2) is 24.3 Å². The molecule has 1 atom stereocenters. The molecular weight excluding hydrogens is 285 g/mol. The lowest BCUT2D eigenvalue weighted by molar-refractivity contribution is -0.274. The van der Waals surface area contributed by atoms with Gasteiger partial charge in [0.2, 0.25) is 0 Å². The summed E-state index contributed by atoms with van der Waals surface area (Å²) in [5.41, 5.74) is 5.64. The van der Waals surface area contributed by atoms with E-state index >= 15 is 0 Å². The summed E-state index contributed by atoms with van der Waals surface area (Å²) in [6.07, 6.45) is -4.75. The van der Waals surface area contributed by atoms with E-state index in [-0.39, 0.29) is 35.2 Å². The fourth-order valence-corrected chi connectivity index (χ4v) is 1.68. The quantitative estimate of drug-likeness (QED) is 0.899. The highest BCUT2D eigenvalue weighted by Crippen LogP contribution is 2.23. The average Bonchev–Trinajstić information content (AvgIpc) is 2.33. The number of halogens is 3. The number of carbonyl (C=O) groups is 1. The van der Waals surface area contributed by atoms with Gasteiger partial charge in [0.15, 0.2) is 0 Å². The van der Waals surface area contributed by atoms with E-state index in [0.29, 0.717) is 0 Å². The van der Waals surface area contributed by atoms with Crippen LogP contribution in [0.1, 0.15) is 31.1 Å². The largest absolute Gasteiger partial charge is 0.573 e. The van der Waals surface area contributed by atoms with Gasteiger partial charge in [-0.25, -0.2) is 0 Å². The summed E-state index contributed by atoms with van der Waals surface area (Å²) in [4.78, 5) is 12.0. The first-order valence-corrected chi connectivity index (χ1v) is 6.39. The first-order valence-electron chi connectivity index (χ1n) is 6.39. The predicted octanol–water partition coefficient (Wildman–Crippen LogP) is 2.69. The summed E-state index contributed by atoms with van der Waals surface area (Å²) in [6, 6.07) is 4.49. The second-order valence-electron chi connectivity index (χ2n) is 5.70. The molecule has 0 bridgehead atoms. The Labute approximate surface area is 121 Å². The number of hydrogen-bond acceptors (Lipinski definition) is 3. The average molecular weight is 304 g/mol. The molecule has 0 aliphatic heterocycles. The Morgan fingerprint density at radius 2 is 1.76 bits per heavy atom. The minimum Gasteiger partial charge on any atom is -0.406 e. The molecule has 1 rings (SSSR count). The number of hydrogen-bond donors (Lipinski definition) is 2. The number of alkyl halides is 3. The van der Waals surface area contributed by atoms with Crippen LogP contribution in [0, 0.1) is 5.41 Å². The molecule has 0 saturated carbocycles. The van der Waals surface area contributed by atoms with Crippen molar-refractivity contribution < 1.29 is 22.7 Å². The molecule has 0 saturated heterocycles. The second kappa shape index (κ2) is 6.34. The Kier molecular flexibility index (Phi) is 5.22. The summed E-state index contributed by atoms with van der Waals surface area (Å²) in [5, 5.41) is 2.76. The van der Waals surface area contributed by atoms with E-state index in [0.717, 1.165) is 12.1 Å². The van der Waals surface area contributed by atoms with Gasteiger partial charge in [0.1, 0.15) is 5.75 Å². The van der Waals surface area contributed by atoms with Crippen LogP contribution in [0.3, 0.4) is 0 Å². The van der Waals surface area contributed by atoms with E-state index in [2.05, 4.69) is 10.1 Å². The Morgan fingerprint density at radius 3 is 2.14 bits per heavy atom. The van der Waals surface area contributed by atoms with Crippen molar-refractivity contribution in [3.8, 4) is 5.75 Å². The number of carbonyl (C=O) groups excluding carboxylic acids is 1. The van der Waals surface area contributed by atoms with Crippen molar-refractivity contribution in [2.75, 3.05) is 6.54 Å². The van der Waals surface area contributed by atoms with Crippen LogP contribution in [0.25, 0.3) is 0 Å². The van der Waals surface area contributed by atoms with Crippen molar-refractivity contribution in [2.24, 2.45) is 11.1 Å². The summed E-state index contributed by atoms with van der Waals surface area (Å²) >= 11 is 0. The first kappa shape index (κ1) is 17.3. The third-order valence-electron chi connectivity index (χ3n) is 2.94. The molecule has 4 nitrogen and oxygen atoms in total. The highest BCUT2D eigenvalue weighted by Gasteiger charge is 2.31. The van der Waals surface area contributed by atoms with Gasteiger partial charge in [-0.15, -0.1) is 13.2 Å². The van der Waals surface area contributed by atoms with Gasteiger partial charge < -0.3 is 15.8 Å². The number of nitrogens with one attached hydrogen (secondary N) is 1. The topological polar surface area (TPSA) is 64.3 Å². The van der Waals surface area contributed by atoms with Crippen LogP contribution >= 0.6 is 0 Å². The molecule has 0 heterocycles. The standard InChI is InChI=1S/C14H19F3N2O2/c1-13(2,3)11(8-18)19-12(20)9-4-6-10(7-5-9)21-14(15,16)17/h4-7,11H,8,18H2,1-3H3,(H,19,20). The molecule has 1 unspecified atom stereocenters. The van der Waals surface area contributed by atoms with Crippen LogP contribution in [0.2, 0.25) is 0 Å². The molecule has 1 aromatic carbocycles. The van der Waals surface area contributed by atoms with E-state index in [1.54, 1.807) is 0 Å². The smallest absolute Gasteiger partial charge is 0.406 e. The normalized spacial score (nSPS) is 13.7. The predicted molar refractivity (Wildman–Crippen MR) is 72.9 cm³/mol. The zero-order valence-corrected chi connectivity index (χ0v) is 12.1. The van der Waals surface area contributed by atoms with Crippen LogP contribution in [0.5, 0.6) is 5.75 Å². The van der Waals surface area contributed by atoms with Crippen molar-refractivity contribution in [3.05, 3.63) is 29.8 Å². The highest BCUT2D eigenvalue weighted by molar-refractivity contribution is 5.94. The zero-order valence-electron chi connectivity index (χ0n) is 12.1. The third kappa shape index (κ3) is 5.63. The molecule has 21 heavy (non-hydrogen) atoms. The third-order valence-corrected chi connectivity index (χ3v) is 2.94. The minimum absolute atomic E-state index is 0.219. The fourth-order valence-electron chi connectivity index (χ4n) is 1.68.